The molecule has 0 bridgehead atoms. The van der Waals surface area contributed by atoms with Crippen LogP contribution in [0.5, 0.6) is 0 Å². The van der Waals surface area contributed by atoms with Gasteiger partial charge in [-0.05, 0) is 41.5 Å². The summed E-state index contributed by atoms with van der Waals surface area (Å²) in [6.45, 7) is 1.02. The van der Waals surface area contributed by atoms with Crippen LogP contribution in [0.25, 0.3) is 0 Å². The van der Waals surface area contributed by atoms with Gasteiger partial charge < -0.3 is 29.4 Å². The highest BCUT2D eigenvalue weighted by Crippen LogP contribution is 2.31. The lowest BCUT2D eigenvalue weighted by Crippen LogP contribution is -2.33. The van der Waals surface area contributed by atoms with Crippen LogP contribution in [0.1, 0.15) is 33.8 Å². The standard InChI is InChI=1S/C25H28ClNO7/c1-31-25(30)19-6-4-18(5-7-19)20-14-22(34-23(15-20)33-13-12-32-11-10-28)24(29)27-16-17-2-8-21(26)9-3-17/h2-9,14,20,23,28H,10-13,15-16H2,1H3,(H,27,29)/t20-,23+/m1/s1. The van der Waals surface area contributed by atoms with Crippen LogP contribution in [0.4, 0.5) is 0 Å². The van der Waals surface area contributed by atoms with Crippen molar-refractivity contribution in [2.45, 2.75) is 25.2 Å². The third-order valence-electron chi connectivity index (χ3n) is 5.17. The molecule has 1 amide bonds. The number of carbonyl (C=O) groups excluding carboxylic acids is 2. The molecule has 1 aliphatic rings. The molecule has 2 atom stereocenters. The number of carbonyl (C=O) groups is 2. The van der Waals surface area contributed by atoms with Crippen molar-refractivity contribution >= 4 is 23.5 Å². The number of nitrogens with one attached hydrogen (secondary N) is 1. The molecule has 0 fully saturated rings. The zero-order valence-electron chi connectivity index (χ0n) is 18.9. The normalized spacial score (nSPS) is 17.4. The van der Waals surface area contributed by atoms with Gasteiger partial charge in [-0.15, -0.1) is 0 Å². The molecular formula is C25H28ClNO7. The molecule has 2 aromatic rings. The fourth-order valence-corrected chi connectivity index (χ4v) is 3.54. The molecule has 0 aliphatic carbocycles. The van der Waals surface area contributed by atoms with Crippen LogP contribution in [0.15, 0.2) is 60.4 Å². The third-order valence-corrected chi connectivity index (χ3v) is 5.43. The molecule has 1 aliphatic heterocycles. The van der Waals surface area contributed by atoms with Gasteiger partial charge in [-0.1, -0.05) is 35.9 Å². The molecule has 2 N–H and O–H groups in total. The number of allylic oxidation sites excluding steroid dienone is 1. The molecule has 182 valence electrons. The van der Waals surface area contributed by atoms with E-state index in [-0.39, 0.29) is 37.4 Å². The van der Waals surface area contributed by atoms with Crippen molar-refractivity contribution in [3.63, 3.8) is 0 Å². The summed E-state index contributed by atoms with van der Waals surface area (Å²) in [5.41, 5.74) is 2.25. The molecule has 8 nitrogen and oxygen atoms in total. The van der Waals surface area contributed by atoms with Crippen molar-refractivity contribution in [3.05, 3.63) is 82.1 Å². The minimum Gasteiger partial charge on any atom is -0.465 e. The third kappa shape index (κ3) is 7.56. The molecule has 0 spiro atoms. The number of aliphatic hydroxyl groups excluding tert-OH is 1. The van der Waals surface area contributed by atoms with Crippen LogP contribution in [0.2, 0.25) is 5.02 Å². The predicted octanol–water partition coefficient (Wildman–Crippen LogP) is 3.18. The second-order valence-electron chi connectivity index (χ2n) is 7.55. The van der Waals surface area contributed by atoms with E-state index >= 15 is 0 Å². The van der Waals surface area contributed by atoms with Crippen LogP contribution in [0.3, 0.4) is 0 Å². The Morgan fingerprint density at radius 2 is 1.82 bits per heavy atom. The van der Waals surface area contributed by atoms with Gasteiger partial charge in [0.2, 0.25) is 6.29 Å². The number of halogens is 1. The van der Waals surface area contributed by atoms with Crippen molar-refractivity contribution in [3.8, 4) is 0 Å². The monoisotopic (exact) mass is 489 g/mol. The summed E-state index contributed by atoms with van der Waals surface area (Å²) in [4.78, 5) is 24.6. The second kappa shape index (κ2) is 13.1. The molecule has 34 heavy (non-hydrogen) atoms. The largest absolute Gasteiger partial charge is 0.465 e. The lowest BCUT2D eigenvalue weighted by molar-refractivity contribution is -0.151. The first kappa shape index (κ1) is 25.7. The van der Waals surface area contributed by atoms with Gasteiger partial charge in [0.1, 0.15) is 0 Å². The maximum absolute atomic E-state index is 12.9. The Hall–Kier alpha value is -2.91. The molecule has 0 radical (unpaired) electrons. The topological polar surface area (TPSA) is 103 Å². The fraction of sp³-hybridized carbons (Fsp3) is 0.360. The van der Waals surface area contributed by atoms with E-state index < -0.39 is 12.3 Å². The SMILES string of the molecule is COC(=O)c1ccc([C@@H]2C=C(C(=O)NCc3ccc(Cl)cc3)O[C@H](OCCOCCO)C2)cc1. The lowest BCUT2D eigenvalue weighted by atomic mass is 9.92. The van der Waals surface area contributed by atoms with E-state index in [0.717, 1.165) is 11.1 Å². The number of aliphatic hydroxyl groups is 1. The van der Waals surface area contributed by atoms with Gasteiger partial charge in [-0.2, -0.15) is 0 Å². The van der Waals surface area contributed by atoms with Gasteiger partial charge in [-0.3, -0.25) is 4.79 Å². The average molecular weight is 490 g/mol. The Kier molecular flexibility index (Phi) is 9.90. The van der Waals surface area contributed by atoms with Crippen molar-refractivity contribution < 1.29 is 33.6 Å². The molecule has 3 rings (SSSR count). The quantitative estimate of drug-likeness (QED) is 0.369. The lowest BCUT2D eigenvalue weighted by Gasteiger charge is -2.29. The summed E-state index contributed by atoms with van der Waals surface area (Å²) in [5.74, 6) is -0.792. The number of benzene rings is 2. The molecule has 0 saturated carbocycles. The van der Waals surface area contributed by atoms with Gasteiger partial charge >= 0.3 is 5.97 Å². The Balaban J connectivity index is 1.70. The smallest absolute Gasteiger partial charge is 0.337 e. The highest BCUT2D eigenvalue weighted by atomic mass is 35.5. The maximum atomic E-state index is 12.9. The van der Waals surface area contributed by atoms with Crippen LogP contribution in [-0.2, 0) is 30.3 Å². The van der Waals surface area contributed by atoms with E-state index in [2.05, 4.69) is 5.32 Å². The maximum Gasteiger partial charge on any atom is 0.337 e. The summed E-state index contributed by atoms with van der Waals surface area (Å²) in [6.07, 6.45) is 1.57. The summed E-state index contributed by atoms with van der Waals surface area (Å²) in [7, 11) is 1.33. The minimum absolute atomic E-state index is 0.0652. The van der Waals surface area contributed by atoms with E-state index in [1.165, 1.54) is 7.11 Å². The molecule has 9 heteroatoms. The number of ether oxygens (including phenoxy) is 4. The average Bonchev–Trinajstić information content (AvgIpc) is 2.87. The van der Waals surface area contributed by atoms with E-state index in [1.807, 2.05) is 24.3 Å². The highest BCUT2D eigenvalue weighted by Gasteiger charge is 2.29. The number of hydrogen-bond acceptors (Lipinski definition) is 7. The van der Waals surface area contributed by atoms with Gasteiger partial charge in [-0.25, -0.2) is 4.79 Å². The predicted molar refractivity (Wildman–Crippen MR) is 125 cm³/mol. The first-order valence-electron chi connectivity index (χ1n) is 10.9. The number of hydrogen-bond donors (Lipinski definition) is 2. The van der Waals surface area contributed by atoms with Crippen LogP contribution in [0, 0.1) is 0 Å². The Labute approximate surface area is 203 Å². The Morgan fingerprint density at radius 3 is 2.50 bits per heavy atom. The van der Waals surface area contributed by atoms with Crippen LogP contribution < -0.4 is 5.32 Å². The molecule has 2 aromatic carbocycles. The number of rotatable bonds is 11. The molecule has 0 aromatic heterocycles. The van der Waals surface area contributed by atoms with E-state index in [9.17, 15) is 9.59 Å². The number of esters is 1. The van der Waals surface area contributed by atoms with E-state index in [0.29, 0.717) is 30.2 Å². The molecule has 1 heterocycles. The first-order valence-corrected chi connectivity index (χ1v) is 11.3. The summed E-state index contributed by atoms with van der Waals surface area (Å²) >= 11 is 5.91. The Bertz CT molecular complexity index is 976. The van der Waals surface area contributed by atoms with Crippen molar-refractivity contribution in [1.29, 1.82) is 0 Å². The van der Waals surface area contributed by atoms with E-state index in [1.54, 1.807) is 30.3 Å². The van der Waals surface area contributed by atoms with Crippen molar-refractivity contribution in [2.75, 3.05) is 33.5 Å². The van der Waals surface area contributed by atoms with Gasteiger partial charge in [0.15, 0.2) is 5.76 Å². The molecular weight excluding hydrogens is 462 g/mol. The summed E-state index contributed by atoms with van der Waals surface area (Å²) in [5, 5.41) is 12.3. The summed E-state index contributed by atoms with van der Waals surface area (Å²) in [6, 6.07) is 14.2. The van der Waals surface area contributed by atoms with Crippen molar-refractivity contribution in [1.82, 2.24) is 5.32 Å². The van der Waals surface area contributed by atoms with Crippen molar-refractivity contribution in [2.24, 2.45) is 0 Å². The van der Waals surface area contributed by atoms with Crippen LogP contribution in [-0.4, -0.2) is 56.8 Å². The highest BCUT2D eigenvalue weighted by molar-refractivity contribution is 6.30. The zero-order valence-corrected chi connectivity index (χ0v) is 19.6. The van der Waals surface area contributed by atoms with E-state index in [4.69, 9.17) is 35.7 Å². The Morgan fingerprint density at radius 1 is 1.09 bits per heavy atom. The van der Waals surface area contributed by atoms with Gasteiger partial charge in [0, 0.05) is 23.9 Å². The zero-order chi connectivity index (χ0) is 24.3. The van der Waals surface area contributed by atoms with Crippen LogP contribution >= 0.6 is 11.6 Å². The second-order valence-corrected chi connectivity index (χ2v) is 7.99. The fourth-order valence-electron chi connectivity index (χ4n) is 3.41. The molecule has 0 unspecified atom stereocenters. The first-order chi connectivity index (χ1) is 16.5. The number of methoxy groups -OCH3 is 1. The summed E-state index contributed by atoms with van der Waals surface area (Å²) < 4.78 is 21.6. The number of amides is 1. The minimum atomic E-state index is -0.663. The van der Waals surface area contributed by atoms with Gasteiger partial charge in [0.05, 0.1) is 39.1 Å². The van der Waals surface area contributed by atoms with Gasteiger partial charge in [0.25, 0.3) is 5.91 Å². The molecule has 0 saturated heterocycles.